The number of benzene rings is 1. The number of carbonyl (C=O) groups excluding carboxylic acids is 3. The van der Waals surface area contributed by atoms with Crippen molar-refractivity contribution >= 4 is 17.8 Å². The molecule has 1 fully saturated rings. The van der Waals surface area contributed by atoms with Gasteiger partial charge in [-0.05, 0) is 65.0 Å². The zero-order valence-electron chi connectivity index (χ0n) is 19.3. The molecule has 1 saturated heterocycles. The van der Waals surface area contributed by atoms with Gasteiger partial charge in [0.2, 0.25) is 5.91 Å². The van der Waals surface area contributed by atoms with Gasteiger partial charge in [-0.1, -0.05) is 17.7 Å². The lowest BCUT2D eigenvalue weighted by atomic mass is 9.96. The smallest absolute Gasteiger partial charge is 0.410 e. The van der Waals surface area contributed by atoms with Gasteiger partial charge >= 0.3 is 6.09 Å². The first-order chi connectivity index (χ1) is 14.0. The normalized spacial score (nSPS) is 16.9. The fraction of sp³-hybridized carbons (Fsp3) is 0.625. The molecule has 0 aromatic heterocycles. The van der Waals surface area contributed by atoms with Gasteiger partial charge < -0.3 is 14.5 Å². The predicted octanol–water partition coefficient (Wildman–Crippen LogP) is 4.37. The molecule has 166 valence electrons. The number of Topliss-reactive ketones (excluding diaryl/α,β-unsaturated/α-hetero) is 1. The highest BCUT2D eigenvalue weighted by Gasteiger charge is 2.27. The summed E-state index contributed by atoms with van der Waals surface area (Å²) in [7, 11) is 1.73. The van der Waals surface area contributed by atoms with Crippen molar-refractivity contribution in [3.8, 4) is 0 Å². The molecule has 0 bridgehead atoms. The van der Waals surface area contributed by atoms with Crippen LogP contribution in [0.3, 0.4) is 0 Å². The number of likely N-dealkylation sites (tertiary alicyclic amines) is 1. The van der Waals surface area contributed by atoms with E-state index in [-0.39, 0.29) is 36.5 Å². The van der Waals surface area contributed by atoms with Gasteiger partial charge in [-0.2, -0.15) is 0 Å². The van der Waals surface area contributed by atoms with E-state index in [0.717, 1.165) is 24.0 Å². The van der Waals surface area contributed by atoms with E-state index in [9.17, 15) is 14.4 Å². The number of hydrogen-bond acceptors (Lipinski definition) is 4. The third kappa shape index (κ3) is 7.15. The van der Waals surface area contributed by atoms with Gasteiger partial charge in [0.05, 0.1) is 0 Å². The predicted molar refractivity (Wildman–Crippen MR) is 118 cm³/mol. The van der Waals surface area contributed by atoms with Crippen LogP contribution in [0.5, 0.6) is 0 Å². The van der Waals surface area contributed by atoms with Crippen LogP contribution in [0.25, 0.3) is 0 Å². The SMILES string of the molecule is Cc1ccc(C)c(C(=O)CCC(=O)N2CCCC(CN(C)C(=O)OC(C)(C)C)C2)c1. The Morgan fingerprint density at radius 1 is 1.17 bits per heavy atom. The number of nitrogens with zero attached hydrogens (tertiary/aromatic N) is 2. The van der Waals surface area contributed by atoms with Crippen molar-refractivity contribution in [3.05, 3.63) is 34.9 Å². The van der Waals surface area contributed by atoms with Gasteiger partial charge in [0.25, 0.3) is 0 Å². The lowest BCUT2D eigenvalue weighted by Gasteiger charge is -2.35. The number of rotatable bonds is 6. The summed E-state index contributed by atoms with van der Waals surface area (Å²) in [5.74, 6) is 0.246. The molecule has 1 heterocycles. The second-order valence-electron chi connectivity index (χ2n) is 9.45. The standard InChI is InChI=1S/C24H36N2O4/c1-17-9-10-18(2)20(14-17)21(27)11-12-22(28)26-13-7-8-19(16-26)15-25(6)23(29)30-24(3,4)5/h9-10,14,19H,7-8,11-13,15-16H2,1-6H3. The van der Waals surface area contributed by atoms with Crippen molar-refractivity contribution in [1.82, 2.24) is 9.80 Å². The van der Waals surface area contributed by atoms with Crippen LogP contribution >= 0.6 is 0 Å². The first kappa shape index (κ1) is 23.9. The summed E-state index contributed by atoms with van der Waals surface area (Å²) >= 11 is 0. The first-order valence-electron chi connectivity index (χ1n) is 10.8. The molecular formula is C24H36N2O4. The molecule has 6 heteroatoms. The molecule has 30 heavy (non-hydrogen) atoms. The lowest BCUT2D eigenvalue weighted by molar-refractivity contribution is -0.133. The van der Waals surface area contributed by atoms with E-state index >= 15 is 0 Å². The fourth-order valence-corrected chi connectivity index (χ4v) is 3.79. The number of carbonyl (C=O) groups is 3. The van der Waals surface area contributed by atoms with Gasteiger partial charge in [-0.15, -0.1) is 0 Å². The van der Waals surface area contributed by atoms with E-state index in [2.05, 4.69) is 0 Å². The van der Waals surface area contributed by atoms with Crippen molar-refractivity contribution < 1.29 is 19.1 Å². The molecule has 1 aromatic rings. The first-order valence-corrected chi connectivity index (χ1v) is 10.8. The van der Waals surface area contributed by atoms with Crippen LogP contribution in [0.2, 0.25) is 0 Å². The Morgan fingerprint density at radius 2 is 1.87 bits per heavy atom. The van der Waals surface area contributed by atoms with Crippen molar-refractivity contribution in [2.75, 3.05) is 26.7 Å². The van der Waals surface area contributed by atoms with Gasteiger partial charge in [0, 0.05) is 45.1 Å². The van der Waals surface area contributed by atoms with E-state index in [1.807, 2.05) is 57.7 Å². The number of hydrogen-bond donors (Lipinski definition) is 0. The molecular weight excluding hydrogens is 380 g/mol. The Morgan fingerprint density at radius 3 is 2.53 bits per heavy atom. The minimum atomic E-state index is -0.526. The average molecular weight is 417 g/mol. The summed E-state index contributed by atoms with van der Waals surface area (Å²) in [6.07, 6.45) is 1.98. The number of piperidine rings is 1. The molecule has 0 spiro atoms. The highest BCUT2D eigenvalue weighted by Crippen LogP contribution is 2.20. The third-order valence-electron chi connectivity index (χ3n) is 5.37. The van der Waals surface area contributed by atoms with Crippen LogP contribution in [0.4, 0.5) is 4.79 Å². The van der Waals surface area contributed by atoms with Crippen LogP contribution in [0, 0.1) is 19.8 Å². The maximum Gasteiger partial charge on any atom is 0.410 e. The molecule has 0 saturated carbocycles. The molecule has 1 aliphatic rings. The minimum absolute atomic E-state index is 0.0123. The number of amides is 2. The molecule has 0 N–H and O–H groups in total. The second kappa shape index (κ2) is 10.1. The molecule has 1 aromatic carbocycles. The lowest BCUT2D eigenvalue weighted by Crippen LogP contribution is -2.45. The van der Waals surface area contributed by atoms with Crippen molar-refractivity contribution in [2.24, 2.45) is 5.92 Å². The monoisotopic (exact) mass is 416 g/mol. The van der Waals surface area contributed by atoms with E-state index in [1.54, 1.807) is 11.9 Å². The average Bonchev–Trinajstić information content (AvgIpc) is 2.66. The van der Waals surface area contributed by atoms with E-state index in [0.29, 0.717) is 25.2 Å². The quantitative estimate of drug-likeness (QED) is 0.646. The topological polar surface area (TPSA) is 66.9 Å². The zero-order valence-corrected chi connectivity index (χ0v) is 19.3. The van der Waals surface area contributed by atoms with Gasteiger partial charge in [0.15, 0.2) is 5.78 Å². The van der Waals surface area contributed by atoms with E-state index < -0.39 is 5.60 Å². The minimum Gasteiger partial charge on any atom is -0.444 e. The molecule has 2 rings (SSSR count). The Bertz CT molecular complexity index is 782. The molecule has 1 unspecified atom stereocenters. The van der Waals surface area contributed by atoms with Crippen LogP contribution in [0.1, 0.15) is 67.9 Å². The second-order valence-corrected chi connectivity index (χ2v) is 9.45. The van der Waals surface area contributed by atoms with Gasteiger partial charge in [0.1, 0.15) is 5.60 Å². The number of aryl methyl sites for hydroxylation is 2. The maximum absolute atomic E-state index is 12.7. The summed E-state index contributed by atoms with van der Waals surface area (Å²) < 4.78 is 5.41. The highest BCUT2D eigenvalue weighted by atomic mass is 16.6. The molecule has 0 aliphatic carbocycles. The Labute approximate surface area is 180 Å². The van der Waals surface area contributed by atoms with E-state index in [1.165, 1.54) is 0 Å². The van der Waals surface area contributed by atoms with Crippen molar-refractivity contribution in [2.45, 2.75) is 65.9 Å². The van der Waals surface area contributed by atoms with Crippen molar-refractivity contribution in [1.29, 1.82) is 0 Å². The summed E-state index contributed by atoms with van der Waals surface area (Å²) in [5, 5.41) is 0. The fourth-order valence-electron chi connectivity index (χ4n) is 3.79. The van der Waals surface area contributed by atoms with Crippen LogP contribution in [0.15, 0.2) is 18.2 Å². The van der Waals surface area contributed by atoms with Crippen LogP contribution < -0.4 is 0 Å². The molecule has 1 aliphatic heterocycles. The number of ketones is 1. The van der Waals surface area contributed by atoms with Crippen molar-refractivity contribution in [3.63, 3.8) is 0 Å². The summed E-state index contributed by atoms with van der Waals surface area (Å²) in [4.78, 5) is 40.9. The Hall–Kier alpha value is -2.37. The van der Waals surface area contributed by atoms with Crippen LogP contribution in [-0.4, -0.2) is 59.9 Å². The zero-order chi connectivity index (χ0) is 22.5. The number of ether oxygens (including phenoxy) is 1. The summed E-state index contributed by atoms with van der Waals surface area (Å²) in [6.45, 7) is 11.3. The third-order valence-corrected chi connectivity index (χ3v) is 5.37. The Balaban J connectivity index is 1.86. The Kier molecular flexibility index (Phi) is 8.04. The summed E-state index contributed by atoms with van der Waals surface area (Å²) in [6, 6.07) is 5.83. The largest absolute Gasteiger partial charge is 0.444 e. The van der Waals surface area contributed by atoms with Gasteiger partial charge in [-0.3, -0.25) is 9.59 Å². The molecule has 6 nitrogen and oxygen atoms in total. The molecule has 1 atom stereocenters. The van der Waals surface area contributed by atoms with Gasteiger partial charge in [-0.25, -0.2) is 4.79 Å². The van der Waals surface area contributed by atoms with E-state index in [4.69, 9.17) is 4.74 Å². The molecule has 0 radical (unpaired) electrons. The maximum atomic E-state index is 12.7. The summed E-state index contributed by atoms with van der Waals surface area (Å²) in [5.41, 5.74) is 2.17. The highest BCUT2D eigenvalue weighted by molar-refractivity contribution is 5.99. The molecule has 2 amide bonds. The van der Waals surface area contributed by atoms with Crippen LogP contribution in [-0.2, 0) is 9.53 Å².